The van der Waals surface area contributed by atoms with E-state index in [1.807, 2.05) is 54.6 Å². The normalized spacial score (nSPS) is 10.3. The zero-order valence-electron chi connectivity index (χ0n) is 13.5. The summed E-state index contributed by atoms with van der Waals surface area (Å²) in [7, 11) is 0. The molecule has 0 saturated carbocycles. The highest BCUT2D eigenvalue weighted by Crippen LogP contribution is 2.14. The predicted octanol–water partition coefficient (Wildman–Crippen LogP) is 3.00. The van der Waals surface area contributed by atoms with Crippen molar-refractivity contribution in [2.75, 3.05) is 19.6 Å². The van der Waals surface area contributed by atoms with Crippen LogP contribution in [0.2, 0.25) is 0 Å². The Labute approximate surface area is 137 Å². The zero-order valence-corrected chi connectivity index (χ0v) is 13.5. The number of hydrogen-bond donors (Lipinski definition) is 2. The van der Waals surface area contributed by atoms with Crippen molar-refractivity contribution < 1.29 is 9.53 Å². The van der Waals surface area contributed by atoms with Gasteiger partial charge in [-0.2, -0.15) is 0 Å². The van der Waals surface area contributed by atoms with E-state index >= 15 is 0 Å². The summed E-state index contributed by atoms with van der Waals surface area (Å²) in [5.41, 5.74) is 1.55. The van der Waals surface area contributed by atoms with Gasteiger partial charge < -0.3 is 15.4 Å². The Bertz CT molecular complexity index is 599. The second kappa shape index (κ2) is 9.64. The number of amides is 1. The average molecular weight is 312 g/mol. The summed E-state index contributed by atoms with van der Waals surface area (Å²) < 4.78 is 5.75. The molecule has 0 heterocycles. The van der Waals surface area contributed by atoms with Crippen LogP contribution >= 0.6 is 0 Å². The van der Waals surface area contributed by atoms with Gasteiger partial charge in [-0.05, 0) is 31.2 Å². The maximum absolute atomic E-state index is 12.3. The summed E-state index contributed by atoms with van der Waals surface area (Å²) >= 11 is 0. The van der Waals surface area contributed by atoms with Crippen LogP contribution in [0.15, 0.2) is 54.6 Å². The largest absolute Gasteiger partial charge is 0.489 e. The van der Waals surface area contributed by atoms with Crippen molar-refractivity contribution >= 4 is 5.91 Å². The number of nitrogens with one attached hydrogen (secondary N) is 2. The van der Waals surface area contributed by atoms with Crippen molar-refractivity contribution in [3.63, 3.8) is 0 Å². The van der Waals surface area contributed by atoms with Gasteiger partial charge in [-0.25, -0.2) is 0 Å². The minimum absolute atomic E-state index is 0.0597. The van der Waals surface area contributed by atoms with Gasteiger partial charge >= 0.3 is 0 Å². The smallest absolute Gasteiger partial charge is 0.251 e. The third-order valence-corrected chi connectivity index (χ3v) is 3.41. The van der Waals surface area contributed by atoms with Crippen molar-refractivity contribution in [2.24, 2.45) is 0 Å². The first-order valence-corrected chi connectivity index (χ1v) is 8.06. The monoisotopic (exact) mass is 312 g/mol. The second-order valence-electron chi connectivity index (χ2n) is 5.26. The molecule has 0 aliphatic heterocycles. The van der Waals surface area contributed by atoms with Crippen LogP contribution in [0.3, 0.4) is 0 Å². The number of ether oxygens (including phenoxy) is 1. The predicted molar refractivity (Wildman–Crippen MR) is 92.7 cm³/mol. The Kier molecular flexibility index (Phi) is 7.14. The summed E-state index contributed by atoms with van der Waals surface area (Å²) in [6.07, 6.45) is 1.09. The highest BCUT2D eigenvalue weighted by Gasteiger charge is 2.10. The van der Waals surface area contributed by atoms with Crippen LogP contribution in [0.4, 0.5) is 0 Å². The van der Waals surface area contributed by atoms with Crippen LogP contribution in [0, 0.1) is 0 Å². The number of carbonyl (C=O) groups excluding carboxylic acids is 1. The Balaban J connectivity index is 1.90. The van der Waals surface area contributed by atoms with Crippen LogP contribution in [-0.2, 0) is 6.61 Å². The van der Waals surface area contributed by atoms with Crippen molar-refractivity contribution in [1.29, 1.82) is 0 Å². The molecule has 0 fully saturated rings. The van der Waals surface area contributed by atoms with E-state index in [-0.39, 0.29) is 5.91 Å². The molecule has 0 aliphatic carbocycles. The topological polar surface area (TPSA) is 50.4 Å². The van der Waals surface area contributed by atoms with E-state index in [1.165, 1.54) is 0 Å². The molecule has 1 amide bonds. The molecule has 0 unspecified atom stereocenters. The molecule has 0 aromatic heterocycles. The first kappa shape index (κ1) is 17.0. The highest BCUT2D eigenvalue weighted by atomic mass is 16.5. The van der Waals surface area contributed by atoms with Crippen molar-refractivity contribution in [3.8, 4) is 5.75 Å². The molecule has 2 aromatic carbocycles. The zero-order chi connectivity index (χ0) is 16.3. The third-order valence-electron chi connectivity index (χ3n) is 3.41. The van der Waals surface area contributed by atoms with E-state index in [0.717, 1.165) is 30.8 Å². The van der Waals surface area contributed by atoms with E-state index in [1.54, 1.807) is 0 Å². The maximum atomic E-state index is 12.3. The van der Waals surface area contributed by atoms with Crippen LogP contribution in [0.1, 0.15) is 29.3 Å². The van der Waals surface area contributed by atoms with Crippen molar-refractivity contribution in [1.82, 2.24) is 10.6 Å². The molecule has 23 heavy (non-hydrogen) atoms. The average Bonchev–Trinajstić information content (AvgIpc) is 2.61. The quantitative estimate of drug-likeness (QED) is 0.700. The molecule has 0 atom stereocenters. The van der Waals surface area contributed by atoms with E-state index < -0.39 is 0 Å². The van der Waals surface area contributed by atoms with Gasteiger partial charge in [0.05, 0.1) is 0 Å². The summed E-state index contributed by atoms with van der Waals surface area (Å²) in [4.78, 5) is 12.3. The Morgan fingerprint density at radius 1 is 0.957 bits per heavy atom. The Morgan fingerprint density at radius 3 is 2.48 bits per heavy atom. The molecule has 4 nitrogen and oxygen atoms in total. The fraction of sp³-hybridized carbons (Fsp3) is 0.316. The standard InChI is InChI=1S/C19H24N2O2/c1-2-12-20-13-14-21-19(22)18-11-7-6-8-16(18)15-23-17-9-4-3-5-10-17/h3-11,20H,2,12-15H2,1H3,(H,21,22). The van der Waals surface area contributed by atoms with E-state index in [2.05, 4.69) is 17.6 Å². The van der Waals surface area contributed by atoms with Crippen LogP contribution in [-0.4, -0.2) is 25.5 Å². The molecule has 0 spiro atoms. The number of rotatable bonds is 9. The van der Waals surface area contributed by atoms with Crippen molar-refractivity contribution in [3.05, 3.63) is 65.7 Å². The number of carbonyl (C=O) groups is 1. The molecular formula is C19H24N2O2. The lowest BCUT2D eigenvalue weighted by molar-refractivity contribution is 0.0951. The van der Waals surface area contributed by atoms with Crippen LogP contribution < -0.4 is 15.4 Å². The molecule has 122 valence electrons. The molecule has 2 aromatic rings. The molecule has 0 saturated heterocycles. The minimum atomic E-state index is -0.0597. The van der Waals surface area contributed by atoms with Crippen LogP contribution in [0.5, 0.6) is 5.75 Å². The van der Waals surface area contributed by atoms with Gasteiger partial charge in [0.15, 0.2) is 0 Å². The van der Waals surface area contributed by atoms with Gasteiger partial charge in [0.1, 0.15) is 12.4 Å². The second-order valence-corrected chi connectivity index (χ2v) is 5.26. The lowest BCUT2D eigenvalue weighted by Crippen LogP contribution is -2.32. The van der Waals surface area contributed by atoms with Gasteiger partial charge in [-0.1, -0.05) is 43.3 Å². The van der Waals surface area contributed by atoms with E-state index in [4.69, 9.17) is 4.74 Å². The molecular weight excluding hydrogens is 288 g/mol. The molecule has 2 N–H and O–H groups in total. The first-order valence-electron chi connectivity index (χ1n) is 8.06. The summed E-state index contributed by atoms with van der Waals surface area (Å²) in [5.74, 6) is 0.738. The molecule has 0 radical (unpaired) electrons. The van der Waals surface area contributed by atoms with Gasteiger partial charge in [-0.3, -0.25) is 4.79 Å². The van der Waals surface area contributed by atoms with E-state index in [0.29, 0.717) is 18.7 Å². The highest BCUT2D eigenvalue weighted by molar-refractivity contribution is 5.95. The van der Waals surface area contributed by atoms with Gasteiger partial charge in [0, 0.05) is 24.2 Å². The number of benzene rings is 2. The lowest BCUT2D eigenvalue weighted by atomic mass is 10.1. The van der Waals surface area contributed by atoms with Gasteiger partial charge in [-0.15, -0.1) is 0 Å². The van der Waals surface area contributed by atoms with Crippen LogP contribution in [0.25, 0.3) is 0 Å². The summed E-state index contributed by atoms with van der Waals surface area (Å²) in [5, 5.41) is 6.20. The molecule has 4 heteroatoms. The van der Waals surface area contributed by atoms with Gasteiger partial charge in [0.25, 0.3) is 5.91 Å². The van der Waals surface area contributed by atoms with E-state index in [9.17, 15) is 4.79 Å². The lowest BCUT2D eigenvalue weighted by Gasteiger charge is -2.11. The minimum Gasteiger partial charge on any atom is -0.489 e. The molecule has 2 rings (SSSR count). The van der Waals surface area contributed by atoms with Gasteiger partial charge in [0.2, 0.25) is 0 Å². The van der Waals surface area contributed by atoms with Crippen molar-refractivity contribution in [2.45, 2.75) is 20.0 Å². The summed E-state index contributed by atoms with van der Waals surface area (Å²) in [6.45, 7) is 4.86. The fourth-order valence-corrected chi connectivity index (χ4v) is 2.21. The third kappa shape index (κ3) is 5.75. The number of hydrogen-bond acceptors (Lipinski definition) is 3. The summed E-state index contributed by atoms with van der Waals surface area (Å²) in [6, 6.07) is 17.2. The first-order chi connectivity index (χ1) is 11.3. The Hall–Kier alpha value is -2.33. The SMILES string of the molecule is CCCNCCNC(=O)c1ccccc1COc1ccccc1. The number of para-hydroxylation sites is 1. The maximum Gasteiger partial charge on any atom is 0.251 e. The fourth-order valence-electron chi connectivity index (χ4n) is 2.21. The molecule has 0 bridgehead atoms. The Morgan fingerprint density at radius 2 is 1.70 bits per heavy atom. The molecule has 0 aliphatic rings.